The highest BCUT2D eigenvalue weighted by Crippen LogP contribution is 2.48. The zero-order chi connectivity index (χ0) is 42.8. The molecule has 0 radical (unpaired) electrons. The van der Waals surface area contributed by atoms with Gasteiger partial charge in [0, 0.05) is 43.9 Å². The van der Waals surface area contributed by atoms with Gasteiger partial charge in [-0.15, -0.1) is 0 Å². The molecule has 3 nitrogen and oxygen atoms in total. The van der Waals surface area contributed by atoms with Crippen molar-refractivity contribution in [2.45, 2.75) is 0 Å². The van der Waals surface area contributed by atoms with Crippen LogP contribution in [0.15, 0.2) is 247 Å². The maximum atomic E-state index is 6.42. The molecule has 13 aromatic rings. The van der Waals surface area contributed by atoms with Crippen LogP contribution in [-0.2, 0) is 0 Å². The van der Waals surface area contributed by atoms with Crippen molar-refractivity contribution in [2.24, 2.45) is 0 Å². The van der Waals surface area contributed by atoms with E-state index in [1.165, 1.54) is 54.5 Å². The van der Waals surface area contributed by atoms with Gasteiger partial charge in [0.25, 0.3) is 0 Å². The monoisotopic (exact) mass is 828 g/mol. The highest BCUT2D eigenvalue weighted by Gasteiger charge is 2.23. The zero-order valence-corrected chi connectivity index (χ0v) is 35.4. The molecule has 0 aliphatic heterocycles. The van der Waals surface area contributed by atoms with E-state index in [0.29, 0.717) is 0 Å². The maximum Gasteiger partial charge on any atom is 0.136 e. The lowest BCUT2D eigenvalue weighted by molar-refractivity contribution is 0.669. The molecule has 0 fully saturated rings. The second kappa shape index (κ2) is 15.0. The van der Waals surface area contributed by atoms with Crippen molar-refractivity contribution in [1.29, 1.82) is 0 Å². The van der Waals surface area contributed by atoms with Gasteiger partial charge in [-0.05, 0) is 111 Å². The van der Waals surface area contributed by atoms with E-state index >= 15 is 0 Å². The molecule has 0 aliphatic carbocycles. The van der Waals surface area contributed by atoms with E-state index in [9.17, 15) is 0 Å². The van der Waals surface area contributed by atoms with Crippen LogP contribution in [0.2, 0.25) is 0 Å². The Kier molecular flexibility index (Phi) is 8.53. The van der Waals surface area contributed by atoms with Crippen LogP contribution in [-0.4, -0.2) is 4.57 Å². The summed E-state index contributed by atoms with van der Waals surface area (Å²) in [6.45, 7) is 0. The van der Waals surface area contributed by atoms with E-state index in [1.807, 2.05) is 6.07 Å². The minimum absolute atomic E-state index is 0.881. The van der Waals surface area contributed by atoms with Crippen molar-refractivity contribution in [3.05, 3.63) is 243 Å². The molecule has 304 valence electrons. The Labute approximate surface area is 376 Å². The van der Waals surface area contributed by atoms with Crippen molar-refractivity contribution >= 4 is 82.4 Å². The summed E-state index contributed by atoms with van der Waals surface area (Å²) in [6.07, 6.45) is 0. The molecule has 2 aromatic heterocycles. The number of benzene rings is 11. The van der Waals surface area contributed by atoms with Gasteiger partial charge in [0.05, 0.1) is 22.4 Å². The molecule has 0 bridgehead atoms. The first-order valence-electron chi connectivity index (χ1n) is 22.2. The van der Waals surface area contributed by atoms with Crippen LogP contribution < -0.4 is 4.90 Å². The topological polar surface area (TPSA) is 21.3 Å². The Balaban J connectivity index is 0.946. The molecular weight excluding hydrogens is 789 g/mol. The predicted molar refractivity (Wildman–Crippen MR) is 274 cm³/mol. The van der Waals surface area contributed by atoms with Crippen LogP contribution in [0, 0.1) is 0 Å². The molecule has 3 heteroatoms. The van der Waals surface area contributed by atoms with E-state index in [4.69, 9.17) is 4.42 Å². The molecule has 0 unspecified atom stereocenters. The SMILES string of the molecule is c1cc(-c2ccc(N(c3ccccc3-c3cccc4oc5ccccc5c34)c3cc4ccccc4c4ccccc34)cc2)cc(-c2cccc(-n3c4ccccc4c4ccccc43)c2)c1. The summed E-state index contributed by atoms with van der Waals surface area (Å²) >= 11 is 0. The first-order chi connectivity index (χ1) is 32.2. The minimum Gasteiger partial charge on any atom is -0.456 e. The van der Waals surface area contributed by atoms with Gasteiger partial charge in [0.1, 0.15) is 11.2 Å². The quantitative estimate of drug-likeness (QED) is 0.149. The summed E-state index contributed by atoms with van der Waals surface area (Å²) in [5, 5.41) is 9.61. The third-order valence-electron chi connectivity index (χ3n) is 13.2. The zero-order valence-electron chi connectivity index (χ0n) is 35.4. The number of nitrogens with zero attached hydrogens (tertiary/aromatic N) is 2. The van der Waals surface area contributed by atoms with Crippen molar-refractivity contribution in [3.8, 4) is 39.1 Å². The van der Waals surface area contributed by atoms with Crippen LogP contribution in [0.3, 0.4) is 0 Å². The fraction of sp³-hybridized carbons (Fsp3) is 0. The van der Waals surface area contributed by atoms with Crippen LogP contribution in [0.5, 0.6) is 0 Å². The number of hydrogen-bond donors (Lipinski definition) is 0. The molecule has 2 heterocycles. The van der Waals surface area contributed by atoms with Gasteiger partial charge < -0.3 is 13.9 Å². The van der Waals surface area contributed by atoms with Gasteiger partial charge in [-0.3, -0.25) is 0 Å². The molecule has 0 atom stereocenters. The number of rotatable bonds is 7. The second-order valence-electron chi connectivity index (χ2n) is 16.8. The summed E-state index contributed by atoms with van der Waals surface area (Å²) in [6, 6.07) is 87.8. The Bertz CT molecular complexity index is 3910. The van der Waals surface area contributed by atoms with E-state index in [-0.39, 0.29) is 0 Å². The Morgan fingerprint density at radius 3 is 1.66 bits per heavy atom. The van der Waals surface area contributed by atoms with Gasteiger partial charge in [-0.25, -0.2) is 0 Å². The lowest BCUT2D eigenvalue weighted by Gasteiger charge is -2.30. The number of para-hydroxylation sites is 4. The van der Waals surface area contributed by atoms with Gasteiger partial charge in [-0.2, -0.15) is 0 Å². The fourth-order valence-corrected chi connectivity index (χ4v) is 10.2. The van der Waals surface area contributed by atoms with Gasteiger partial charge in [-0.1, -0.05) is 176 Å². The second-order valence-corrected chi connectivity index (χ2v) is 16.8. The minimum atomic E-state index is 0.881. The van der Waals surface area contributed by atoms with E-state index < -0.39 is 0 Å². The molecule has 0 spiro atoms. The average Bonchev–Trinajstić information content (AvgIpc) is 3.93. The largest absolute Gasteiger partial charge is 0.456 e. The number of hydrogen-bond acceptors (Lipinski definition) is 2. The molecule has 0 N–H and O–H groups in total. The number of aromatic nitrogens is 1. The highest BCUT2D eigenvalue weighted by molar-refractivity contribution is 6.17. The standard InChI is InChI=1S/C62H40N2O/c1-2-21-48-45(16-1)40-59(50-23-4-3-22-49(48)50)63(58-31-11-7-26-53(58)54-28-15-33-61-62(54)55-27-8-12-32-60(55)65-61)46-36-34-41(35-37-46)42-17-13-18-43(38-42)44-19-14-20-47(39-44)64-56-29-9-5-24-51(56)52-25-6-10-30-57(52)64/h1-40H. The maximum absolute atomic E-state index is 6.42. The summed E-state index contributed by atoms with van der Waals surface area (Å²) in [4.78, 5) is 2.45. The normalized spacial score (nSPS) is 11.7. The molecule has 0 amide bonds. The molecule has 0 aliphatic rings. The van der Waals surface area contributed by atoms with Gasteiger partial charge in [0.2, 0.25) is 0 Å². The first-order valence-corrected chi connectivity index (χ1v) is 22.2. The lowest BCUT2D eigenvalue weighted by atomic mass is 9.95. The molecule has 13 rings (SSSR count). The van der Waals surface area contributed by atoms with Crippen molar-refractivity contribution in [1.82, 2.24) is 4.57 Å². The van der Waals surface area contributed by atoms with Crippen LogP contribution >= 0.6 is 0 Å². The number of furan rings is 1. The smallest absolute Gasteiger partial charge is 0.136 e. The Morgan fingerprint density at radius 2 is 0.877 bits per heavy atom. The molecule has 65 heavy (non-hydrogen) atoms. The highest BCUT2D eigenvalue weighted by atomic mass is 16.3. The average molecular weight is 829 g/mol. The van der Waals surface area contributed by atoms with Crippen LogP contribution in [0.1, 0.15) is 0 Å². The summed E-state index contributed by atoms with van der Waals surface area (Å²) in [5.74, 6) is 0. The van der Waals surface area contributed by atoms with Crippen molar-refractivity contribution in [3.63, 3.8) is 0 Å². The summed E-state index contributed by atoms with van der Waals surface area (Å²) < 4.78 is 8.81. The summed E-state index contributed by atoms with van der Waals surface area (Å²) in [7, 11) is 0. The predicted octanol–water partition coefficient (Wildman–Crippen LogP) is 17.5. The third kappa shape index (κ3) is 6.05. The van der Waals surface area contributed by atoms with Gasteiger partial charge >= 0.3 is 0 Å². The summed E-state index contributed by atoms with van der Waals surface area (Å²) in [5.41, 5.74) is 15.5. The van der Waals surface area contributed by atoms with E-state index in [2.05, 4.69) is 246 Å². The Hall–Kier alpha value is -8.66. The van der Waals surface area contributed by atoms with E-state index in [0.717, 1.165) is 66.9 Å². The number of anilines is 3. The lowest BCUT2D eigenvalue weighted by Crippen LogP contribution is -2.12. The van der Waals surface area contributed by atoms with E-state index in [1.54, 1.807) is 0 Å². The van der Waals surface area contributed by atoms with Crippen molar-refractivity contribution < 1.29 is 4.42 Å². The fourth-order valence-electron chi connectivity index (χ4n) is 10.2. The molecule has 0 saturated heterocycles. The van der Waals surface area contributed by atoms with Crippen molar-refractivity contribution in [2.75, 3.05) is 4.90 Å². The molecular formula is C62H40N2O. The van der Waals surface area contributed by atoms with Crippen LogP contribution in [0.25, 0.3) is 104 Å². The third-order valence-corrected chi connectivity index (χ3v) is 13.2. The number of fused-ring (bicyclic) bond motifs is 9. The Morgan fingerprint density at radius 1 is 0.323 bits per heavy atom. The molecule has 0 saturated carbocycles. The van der Waals surface area contributed by atoms with Crippen LogP contribution in [0.4, 0.5) is 17.1 Å². The first kappa shape index (κ1) is 36.9. The molecule has 11 aromatic carbocycles. The van der Waals surface area contributed by atoms with Gasteiger partial charge in [0.15, 0.2) is 0 Å².